The summed E-state index contributed by atoms with van der Waals surface area (Å²) in [4.78, 5) is 14.6. The topological polar surface area (TPSA) is 32.3 Å². The molecule has 1 aliphatic rings. The van der Waals surface area contributed by atoms with Gasteiger partial charge in [-0.25, -0.2) is 0 Å². The lowest BCUT2D eigenvalue weighted by Gasteiger charge is -2.24. The molecule has 0 radical (unpaired) electrons. The molecule has 1 unspecified atom stereocenters. The van der Waals surface area contributed by atoms with E-state index in [2.05, 4.69) is 43.4 Å². The van der Waals surface area contributed by atoms with Gasteiger partial charge in [0.2, 0.25) is 5.91 Å². The number of nitrogens with zero attached hydrogens (tertiary/aromatic N) is 1. The maximum atomic E-state index is 12.6. The molecule has 2 rings (SSSR count). The third kappa shape index (κ3) is 4.57. The summed E-state index contributed by atoms with van der Waals surface area (Å²) in [6.45, 7) is 10.1. The summed E-state index contributed by atoms with van der Waals surface area (Å²) in [5.41, 5.74) is 2.48. The van der Waals surface area contributed by atoms with Crippen molar-refractivity contribution in [3.8, 4) is 0 Å². The van der Waals surface area contributed by atoms with E-state index in [1.54, 1.807) is 0 Å². The molecule has 0 aromatic heterocycles. The van der Waals surface area contributed by atoms with E-state index >= 15 is 0 Å². The van der Waals surface area contributed by atoms with Gasteiger partial charge in [0.1, 0.15) is 0 Å². The second-order valence-electron chi connectivity index (χ2n) is 6.49. The maximum absolute atomic E-state index is 12.6. The summed E-state index contributed by atoms with van der Waals surface area (Å²) in [6, 6.07) is 8.58. The Morgan fingerprint density at radius 3 is 2.52 bits per heavy atom. The minimum absolute atomic E-state index is 0.0452. The lowest BCUT2D eigenvalue weighted by atomic mass is 9.96. The van der Waals surface area contributed by atoms with Gasteiger partial charge in [0.25, 0.3) is 0 Å². The first-order valence-electron chi connectivity index (χ1n) is 8.16. The fraction of sp³-hybridized carbons (Fsp3) is 0.611. The molecule has 116 valence electrons. The molecule has 0 spiro atoms. The molecule has 0 saturated carbocycles. The number of carbonyl (C=O) groups excluding carboxylic acids is 1. The molecule has 0 bridgehead atoms. The van der Waals surface area contributed by atoms with Crippen molar-refractivity contribution in [2.45, 2.75) is 39.5 Å². The summed E-state index contributed by atoms with van der Waals surface area (Å²) < 4.78 is 0. The highest BCUT2D eigenvalue weighted by Gasteiger charge is 2.22. The van der Waals surface area contributed by atoms with Crippen LogP contribution in [0.3, 0.4) is 0 Å². The Balaban J connectivity index is 2.00. The van der Waals surface area contributed by atoms with Gasteiger partial charge >= 0.3 is 0 Å². The first kappa shape index (κ1) is 16.0. The third-order valence-corrected chi connectivity index (χ3v) is 4.15. The highest BCUT2D eigenvalue weighted by atomic mass is 16.2. The van der Waals surface area contributed by atoms with Gasteiger partial charge in [-0.05, 0) is 43.4 Å². The molecule has 0 aliphatic carbocycles. The van der Waals surface area contributed by atoms with Crippen molar-refractivity contribution >= 4 is 5.91 Å². The number of hydrogen-bond donors (Lipinski definition) is 1. The van der Waals surface area contributed by atoms with Crippen LogP contribution < -0.4 is 5.32 Å². The van der Waals surface area contributed by atoms with E-state index in [4.69, 9.17) is 0 Å². The zero-order valence-electron chi connectivity index (χ0n) is 13.6. The highest BCUT2D eigenvalue weighted by molar-refractivity contribution is 5.83. The Hall–Kier alpha value is -1.35. The van der Waals surface area contributed by atoms with E-state index in [-0.39, 0.29) is 11.8 Å². The molecule has 1 aliphatic heterocycles. The van der Waals surface area contributed by atoms with Gasteiger partial charge in [-0.1, -0.05) is 38.1 Å². The van der Waals surface area contributed by atoms with Gasteiger partial charge in [0.15, 0.2) is 0 Å². The van der Waals surface area contributed by atoms with Crippen LogP contribution in [0.5, 0.6) is 0 Å². The van der Waals surface area contributed by atoms with Crippen LogP contribution in [0.4, 0.5) is 0 Å². The first-order chi connectivity index (χ1) is 10.1. The van der Waals surface area contributed by atoms with Crippen molar-refractivity contribution in [3.05, 3.63) is 35.4 Å². The SMILES string of the molecule is CC(C)Cc1ccc(C(C)C(=O)N2CCCNCC2)cc1. The van der Waals surface area contributed by atoms with Crippen LogP contribution in [0.2, 0.25) is 0 Å². The van der Waals surface area contributed by atoms with Crippen molar-refractivity contribution in [2.24, 2.45) is 5.92 Å². The van der Waals surface area contributed by atoms with Crippen LogP contribution in [-0.4, -0.2) is 37.0 Å². The lowest BCUT2D eigenvalue weighted by molar-refractivity contribution is -0.132. The third-order valence-electron chi connectivity index (χ3n) is 4.15. The average Bonchev–Trinajstić information content (AvgIpc) is 2.75. The van der Waals surface area contributed by atoms with Crippen LogP contribution in [0, 0.1) is 5.92 Å². The quantitative estimate of drug-likeness (QED) is 0.924. The second-order valence-corrected chi connectivity index (χ2v) is 6.49. The molecular weight excluding hydrogens is 260 g/mol. The van der Waals surface area contributed by atoms with E-state index in [1.807, 2.05) is 11.8 Å². The Bertz CT molecular complexity index is 445. The van der Waals surface area contributed by atoms with E-state index in [0.29, 0.717) is 5.92 Å². The van der Waals surface area contributed by atoms with Crippen molar-refractivity contribution in [1.82, 2.24) is 10.2 Å². The number of carbonyl (C=O) groups is 1. The second kappa shape index (κ2) is 7.60. The largest absolute Gasteiger partial charge is 0.341 e. The Morgan fingerprint density at radius 2 is 1.86 bits per heavy atom. The van der Waals surface area contributed by atoms with Crippen molar-refractivity contribution in [2.75, 3.05) is 26.2 Å². The average molecular weight is 288 g/mol. The molecule has 1 atom stereocenters. The van der Waals surface area contributed by atoms with Gasteiger partial charge in [0.05, 0.1) is 5.92 Å². The minimum Gasteiger partial charge on any atom is -0.341 e. The summed E-state index contributed by atoms with van der Waals surface area (Å²) in [5.74, 6) is 0.881. The molecule has 1 aromatic carbocycles. The van der Waals surface area contributed by atoms with Gasteiger partial charge < -0.3 is 10.2 Å². The molecule has 3 nitrogen and oxygen atoms in total. The molecule has 1 aromatic rings. The molecule has 1 amide bonds. The first-order valence-corrected chi connectivity index (χ1v) is 8.16. The van der Waals surface area contributed by atoms with E-state index in [9.17, 15) is 4.79 Å². The molecule has 21 heavy (non-hydrogen) atoms. The fourth-order valence-electron chi connectivity index (χ4n) is 2.90. The number of hydrogen-bond acceptors (Lipinski definition) is 2. The number of nitrogens with one attached hydrogen (secondary N) is 1. The summed E-state index contributed by atoms with van der Waals surface area (Å²) in [6.07, 6.45) is 2.15. The normalized spacial score (nSPS) is 17.6. The Morgan fingerprint density at radius 1 is 1.14 bits per heavy atom. The van der Waals surface area contributed by atoms with Crippen LogP contribution in [0.15, 0.2) is 24.3 Å². The lowest BCUT2D eigenvalue weighted by Crippen LogP contribution is -2.36. The summed E-state index contributed by atoms with van der Waals surface area (Å²) in [5, 5.41) is 3.34. The van der Waals surface area contributed by atoms with Gasteiger partial charge in [-0.3, -0.25) is 4.79 Å². The molecule has 1 fully saturated rings. The molecule has 3 heteroatoms. The van der Waals surface area contributed by atoms with Crippen molar-refractivity contribution < 1.29 is 4.79 Å². The van der Waals surface area contributed by atoms with E-state index < -0.39 is 0 Å². The predicted molar refractivity (Wildman–Crippen MR) is 87.5 cm³/mol. The maximum Gasteiger partial charge on any atom is 0.229 e. The fourth-order valence-corrected chi connectivity index (χ4v) is 2.90. The molecule has 1 heterocycles. The van der Waals surface area contributed by atoms with Crippen LogP contribution in [0.1, 0.15) is 44.2 Å². The molecule has 1 N–H and O–H groups in total. The molecule has 1 saturated heterocycles. The minimum atomic E-state index is -0.0452. The van der Waals surface area contributed by atoms with Crippen molar-refractivity contribution in [1.29, 1.82) is 0 Å². The number of benzene rings is 1. The Labute approximate surface area is 128 Å². The van der Waals surface area contributed by atoms with Crippen LogP contribution in [-0.2, 0) is 11.2 Å². The standard InChI is InChI=1S/C18H28N2O/c1-14(2)13-16-5-7-17(8-6-16)15(3)18(21)20-11-4-9-19-10-12-20/h5-8,14-15,19H,4,9-13H2,1-3H3. The highest BCUT2D eigenvalue weighted by Crippen LogP contribution is 2.20. The van der Waals surface area contributed by atoms with Gasteiger partial charge in [0, 0.05) is 19.6 Å². The van der Waals surface area contributed by atoms with Crippen LogP contribution >= 0.6 is 0 Å². The zero-order valence-corrected chi connectivity index (χ0v) is 13.6. The van der Waals surface area contributed by atoms with E-state index in [1.165, 1.54) is 5.56 Å². The predicted octanol–water partition coefficient (Wildman–Crippen LogP) is 2.81. The monoisotopic (exact) mass is 288 g/mol. The van der Waals surface area contributed by atoms with Crippen molar-refractivity contribution in [3.63, 3.8) is 0 Å². The smallest absolute Gasteiger partial charge is 0.229 e. The van der Waals surface area contributed by atoms with E-state index in [0.717, 1.165) is 44.6 Å². The summed E-state index contributed by atoms with van der Waals surface area (Å²) >= 11 is 0. The molecular formula is C18H28N2O. The Kier molecular flexibility index (Phi) is 5.80. The zero-order chi connectivity index (χ0) is 15.2. The van der Waals surface area contributed by atoms with Crippen LogP contribution in [0.25, 0.3) is 0 Å². The van der Waals surface area contributed by atoms with Gasteiger partial charge in [-0.15, -0.1) is 0 Å². The number of amides is 1. The number of rotatable bonds is 4. The van der Waals surface area contributed by atoms with Gasteiger partial charge in [-0.2, -0.15) is 0 Å². The summed E-state index contributed by atoms with van der Waals surface area (Å²) in [7, 11) is 0.